The molecule has 0 N–H and O–H groups in total. The summed E-state index contributed by atoms with van der Waals surface area (Å²) >= 11 is 0. The van der Waals surface area contributed by atoms with Gasteiger partial charge in [0.05, 0.1) is 17.5 Å². The first-order valence-electron chi connectivity index (χ1n) is 10.4. The largest absolute Gasteiger partial charge is 0.238 e. The molecule has 0 bridgehead atoms. The maximum atomic E-state index is 7.38. The summed E-state index contributed by atoms with van der Waals surface area (Å²) < 4.78 is 2.28. The molecular weight excluding hydrogens is 364 g/mol. The molecule has 0 radical (unpaired) electrons. The zero-order valence-corrected chi connectivity index (χ0v) is 18.2. The van der Waals surface area contributed by atoms with Gasteiger partial charge in [0.25, 0.3) is 0 Å². The molecular formula is C28H25N2+. The average molecular weight is 390 g/mol. The van der Waals surface area contributed by atoms with Crippen LogP contribution in [-0.4, -0.2) is 0 Å². The number of nitrogens with zero attached hydrogens (tertiary/aromatic N) is 2. The fourth-order valence-corrected chi connectivity index (χ4v) is 5.07. The summed E-state index contributed by atoms with van der Waals surface area (Å²) in [6.07, 6.45) is 0. The van der Waals surface area contributed by atoms with Crippen molar-refractivity contribution >= 4 is 16.5 Å². The van der Waals surface area contributed by atoms with E-state index in [0.29, 0.717) is 5.69 Å². The maximum absolute atomic E-state index is 7.38. The second-order valence-electron chi connectivity index (χ2n) is 8.96. The van der Waals surface area contributed by atoms with Crippen molar-refractivity contribution in [2.75, 3.05) is 0 Å². The zero-order valence-electron chi connectivity index (χ0n) is 18.2. The van der Waals surface area contributed by atoms with Crippen LogP contribution in [0.5, 0.6) is 0 Å². The lowest BCUT2D eigenvalue weighted by atomic mass is 9.81. The van der Waals surface area contributed by atoms with Gasteiger partial charge in [0.1, 0.15) is 7.05 Å². The molecule has 0 amide bonds. The van der Waals surface area contributed by atoms with Crippen LogP contribution in [-0.2, 0) is 12.5 Å². The second-order valence-corrected chi connectivity index (χ2v) is 8.96. The number of fused-ring (bicyclic) bond motifs is 4. The molecule has 2 heteroatoms. The number of hydrogen-bond acceptors (Lipinski definition) is 0. The predicted octanol–water partition coefficient (Wildman–Crippen LogP) is 6.81. The van der Waals surface area contributed by atoms with Crippen molar-refractivity contribution in [3.63, 3.8) is 0 Å². The van der Waals surface area contributed by atoms with Crippen LogP contribution in [0.3, 0.4) is 0 Å². The maximum Gasteiger partial charge on any atom is 0.220 e. The molecule has 146 valence electrons. The Balaban J connectivity index is 1.84. The summed E-state index contributed by atoms with van der Waals surface area (Å²) in [5.41, 5.74) is 11.1. The summed E-state index contributed by atoms with van der Waals surface area (Å²) in [6, 6.07) is 21.8. The molecule has 1 aliphatic rings. The molecule has 0 saturated heterocycles. The first-order valence-corrected chi connectivity index (χ1v) is 10.4. The van der Waals surface area contributed by atoms with Gasteiger partial charge >= 0.3 is 0 Å². The Hall–Kier alpha value is -3.44. The minimum atomic E-state index is -0.0240. The van der Waals surface area contributed by atoms with Gasteiger partial charge in [0.15, 0.2) is 11.4 Å². The summed E-state index contributed by atoms with van der Waals surface area (Å²) in [4.78, 5) is 3.63. The highest BCUT2D eigenvalue weighted by Crippen LogP contribution is 2.50. The summed E-state index contributed by atoms with van der Waals surface area (Å²) in [7, 11) is 2.14. The Morgan fingerprint density at radius 2 is 1.60 bits per heavy atom. The highest BCUT2D eigenvalue weighted by molar-refractivity contribution is 5.97. The van der Waals surface area contributed by atoms with E-state index in [-0.39, 0.29) is 5.41 Å². The highest BCUT2D eigenvalue weighted by Gasteiger charge is 2.36. The van der Waals surface area contributed by atoms with Gasteiger partial charge in [-0.05, 0) is 52.3 Å². The fourth-order valence-electron chi connectivity index (χ4n) is 5.07. The molecule has 2 nitrogen and oxygen atoms in total. The van der Waals surface area contributed by atoms with Crippen LogP contribution in [0, 0.1) is 20.4 Å². The lowest BCUT2D eigenvalue weighted by Gasteiger charge is -2.22. The second kappa shape index (κ2) is 6.28. The number of rotatable bonds is 1. The van der Waals surface area contributed by atoms with Crippen molar-refractivity contribution in [2.45, 2.75) is 33.1 Å². The topological polar surface area (TPSA) is 8.24 Å². The molecule has 1 aromatic heterocycles. The van der Waals surface area contributed by atoms with Crippen LogP contribution >= 0.6 is 0 Å². The Kier molecular flexibility index (Phi) is 3.89. The van der Waals surface area contributed by atoms with Gasteiger partial charge in [-0.15, -0.1) is 0 Å². The molecule has 30 heavy (non-hydrogen) atoms. The van der Waals surface area contributed by atoms with Gasteiger partial charge < -0.3 is 0 Å². The van der Waals surface area contributed by atoms with Crippen molar-refractivity contribution in [1.82, 2.24) is 0 Å². The Labute approximate surface area is 178 Å². The van der Waals surface area contributed by atoms with Crippen LogP contribution < -0.4 is 4.57 Å². The van der Waals surface area contributed by atoms with E-state index in [1.807, 2.05) is 12.1 Å². The first-order chi connectivity index (χ1) is 14.3. The smallest absolute Gasteiger partial charge is 0.220 e. The zero-order chi connectivity index (χ0) is 21.2. The SMILES string of the molecule is [C-]#[N+]c1ccc2c(-c3cc4c(cc3C)-c3ccccc3C4(C)C)[n+](C)c(C)cc2c1. The summed E-state index contributed by atoms with van der Waals surface area (Å²) in [5, 5.41) is 2.31. The van der Waals surface area contributed by atoms with Gasteiger partial charge in [-0.25, -0.2) is 4.85 Å². The van der Waals surface area contributed by atoms with Crippen molar-refractivity contribution in [1.29, 1.82) is 0 Å². The first kappa shape index (κ1) is 18.6. The van der Waals surface area contributed by atoms with Crippen molar-refractivity contribution in [2.24, 2.45) is 7.05 Å². The van der Waals surface area contributed by atoms with E-state index in [1.165, 1.54) is 50.2 Å². The summed E-state index contributed by atoms with van der Waals surface area (Å²) in [5.74, 6) is 0. The molecule has 0 spiro atoms. The lowest BCUT2D eigenvalue weighted by molar-refractivity contribution is -0.665. The van der Waals surface area contributed by atoms with Gasteiger partial charge in [-0.1, -0.05) is 56.3 Å². The highest BCUT2D eigenvalue weighted by atomic mass is 14.9. The number of aromatic nitrogens is 1. The quantitative estimate of drug-likeness (QED) is 0.250. The third-order valence-corrected chi connectivity index (χ3v) is 6.83. The molecule has 0 atom stereocenters. The van der Waals surface area contributed by atoms with Crippen LogP contribution in [0.4, 0.5) is 5.69 Å². The van der Waals surface area contributed by atoms with Gasteiger partial charge in [0, 0.05) is 18.4 Å². The average Bonchev–Trinajstić information content (AvgIpc) is 2.95. The van der Waals surface area contributed by atoms with E-state index in [1.54, 1.807) is 0 Å². The molecule has 0 saturated carbocycles. The molecule has 0 aliphatic heterocycles. The van der Waals surface area contributed by atoms with Crippen molar-refractivity contribution in [3.8, 4) is 22.4 Å². The standard InChI is InChI=1S/C28H25N2/c1-17-13-24-22-9-7-8-10-25(22)28(3,4)26(24)16-23(17)27-21-12-11-20(29-5)15-19(21)14-18(2)30(27)6/h7-16H,1-4,6H3/q+1. The number of pyridine rings is 1. The van der Waals surface area contributed by atoms with Crippen molar-refractivity contribution < 1.29 is 4.57 Å². The molecule has 1 heterocycles. The van der Waals surface area contributed by atoms with Crippen LogP contribution in [0.15, 0.2) is 60.7 Å². The third kappa shape index (κ3) is 2.45. The lowest BCUT2D eigenvalue weighted by Crippen LogP contribution is -2.35. The Morgan fingerprint density at radius 1 is 0.833 bits per heavy atom. The van der Waals surface area contributed by atoms with Gasteiger partial charge in [-0.3, -0.25) is 0 Å². The van der Waals surface area contributed by atoms with Crippen LogP contribution in [0.2, 0.25) is 0 Å². The third-order valence-electron chi connectivity index (χ3n) is 6.83. The minimum Gasteiger partial charge on any atom is -0.238 e. The molecule has 0 unspecified atom stereocenters. The molecule has 5 rings (SSSR count). The molecule has 4 aromatic rings. The molecule has 3 aromatic carbocycles. The Morgan fingerprint density at radius 3 is 2.37 bits per heavy atom. The normalized spacial score (nSPS) is 13.7. The van der Waals surface area contributed by atoms with Crippen molar-refractivity contribution in [3.05, 3.63) is 94.5 Å². The van der Waals surface area contributed by atoms with E-state index in [2.05, 4.69) is 92.7 Å². The number of benzene rings is 3. The van der Waals surface area contributed by atoms with Crippen LogP contribution in [0.1, 0.15) is 36.2 Å². The number of aryl methyl sites for hydroxylation is 2. The fraction of sp³-hybridized carbons (Fsp3) is 0.214. The van der Waals surface area contributed by atoms with Crippen LogP contribution in [0.25, 0.3) is 38.0 Å². The van der Waals surface area contributed by atoms with E-state index in [4.69, 9.17) is 6.57 Å². The monoisotopic (exact) mass is 389 g/mol. The van der Waals surface area contributed by atoms with Gasteiger partial charge in [-0.2, -0.15) is 4.57 Å². The van der Waals surface area contributed by atoms with E-state index in [0.717, 1.165) is 5.39 Å². The van der Waals surface area contributed by atoms with Gasteiger partial charge in [0.2, 0.25) is 5.69 Å². The number of hydrogen-bond donors (Lipinski definition) is 0. The molecule has 1 aliphatic carbocycles. The molecule has 0 fully saturated rings. The summed E-state index contributed by atoms with van der Waals surface area (Å²) in [6.45, 7) is 16.4. The van der Waals surface area contributed by atoms with E-state index < -0.39 is 0 Å². The minimum absolute atomic E-state index is 0.0240. The Bertz CT molecular complexity index is 1400. The predicted molar refractivity (Wildman–Crippen MR) is 124 cm³/mol. The van der Waals surface area contributed by atoms with E-state index in [9.17, 15) is 0 Å². The van der Waals surface area contributed by atoms with E-state index >= 15 is 0 Å².